The van der Waals surface area contributed by atoms with Crippen LogP contribution in [0.5, 0.6) is 0 Å². The second-order valence-corrected chi connectivity index (χ2v) is 8.06. The molecule has 3 rings (SSSR count). The van der Waals surface area contributed by atoms with Gasteiger partial charge in [-0.3, -0.25) is 14.4 Å². The third-order valence-corrected chi connectivity index (χ3v) is 5.66. The van der Waals surface area contributed by atoms with Crippen LogP contribution in [-0.4, -0.2) is 28.7 Å². The van der Waals surface area contributed by atoms with Crippen LogP contribution in [-0.2, 0) is 20.9 Å². The summed E-state index contributed by atoms with van der Waals surface area (Å²) in [6, 6.07) is 10.1. The number of anilines is 1. The van der Waals surface area contributed by atoms with Gasteiger partial charge in [-0.15, -0.1) is 11.3 Å². The Morgan fingerprint density at radius 2 is 2.00 bits per heavy atom. The zero-order valence-corrected chi connectivity index (χ0v) is 16.8. The Bertz CT molecular complexity index is 805. The van der Waals surface area contributed by atoms with Gasteiger partial charge in [-0.1, -0.05) is 28.9 Å². The second kappa shape index (κ2) is 8.14. The van der Waals surface area contributed by atoms with Crippen molar-refractivity contribution in [1.29, 1.82) is 0 Å². The number of hydrogen-bond acceptors (Lipinski definition) is 4. The van der Waals surface area contributed by atoms with Gasteiger partial charge in [0.05, 0.1) is 18.7 Å². The van der Waals surface area contributed by atoms with E-state index >= 15 is 0 Å². The largest absolute Gasteiger partial charge is 0.325 e. The number of nitrogens with zero attached hydrogens (tertiary/aromatic N) is 2. The maximum absolute atomic E-state index is 13.0. The number of hydrogen-bond donors (Lipinski definition) is 0. The van der Waals surface area contributed by atoms with Gasteiger partial charge < -0.3 is 4.90 Å². The van der Waals surface area contributed by atoms with Gasteiger partial charge >= 0.3 is 0 Å². The summed E-state index contributed by atoms with van der Waals surface area (Å²) in [4.78, 5) is 41.9. The number of halogens is 1. The molecule has 0 aliphatic carbocycles. The van der Waals surface area contributed by atoms with Crippen molar-refractivity contribution in [2.75, 3.05) is 4.90 Å². The number of benzene rings is 1. The van der Waals surface area contributed by atoms with Crippen LogP contribution in [0, 0.1) is 0 Å². The lowest BCUT2D eigenvalue weighted by molar-refractivity contribution is -0.139. The zero-order valence-electron chi connectivity index (χ0n) is 14.4. The average Bonchev–Trinajstić information content (AvgIpc) is 3.22. The summed E-state index contributed by atoms with van der Waals surface area (Å²) >= 11 is 4.89. The molecule has 1 aliphatic rings. The number of carbonyl (C=O) groups excluding carboxylic acids is 3. The molecule has 0 bridgehead atoms. The van der Waals surface area contributed by atoms with Crippen molar-refractivity contribution in [2.24, 2.45) is 0 Å². The van der Waals surface area contributed by atoms with Crippen molar-refractivity contribution in [3.05, 3.63) is 51.1 Å². The third kappa shape index (κ3) is 3.88. The van der Waals surface area contributed by atoms with Crippen LogP contribution in [0.2, 0.25) is 0 Å². The van der Waals surface area contributed by atoms with Crippen molar-refractivity contribution >= 4 is 50.7 Å². The summed E-state index contributed by atoms with van der Waals surface area (Å²) in [6.45, 7) is 2.28. The maximum atomic E-state index is 13.0. The SMILES string of the molecule is CCCC(=O)N(Cc1cccs1)C1CC(=O)N(c2ccc(Br)cc2)C1=O. The zero-order chi connectivity index (χ0) is 18.7. The number of amides is 3. The van der Waals surface area contributed by atoms with Crippen molar-refractivity contribution in [3.8, 4) is 0 Å². The quantitative estimate of drug-likeness (QED) is 0.646. The Kier molecular flexibility index (Phi) is 5.88. The molecule has 1 saturated heterocycles. The van der Waals surface area contributed by atoms with Crippen molar-refractivity contribution in [3.63, 3.8) is 0 Å². The predicted octanol–water partition coefficient (Wildman–Crippen LogP) is 3.97. The van der Waals surface area contributed by atoms with Crippen molar-refractivity contribution < 1.29 is 14.4 Å². The molecule has 0 radical (unpaired) electrons. The molecule has 0 spiro atoms. The monoisotopic (exact) mass is 434 g/mol. The van der Waals surface area contributed by atoms with E-state index in [1.165, 1.54) is 16.2 Å². The molecule has 2 heterocycles. The minimum atomic E-state index is -0.743. The van der Waals surface area contributed by atoms with Crippen LogP contribution in [0.3, 0.4) is 0 Å². The van der Waals surface area contributed by atoms with Gasteiger partial charge in [0, 0.05) is 15.8 Å². The highest BCUT2D eigenvalue weighted by atomic mass is 79.9. The second-order valence-electron chi connectivity index (χ2n) is 6.11. The van der Waals surface area contributed by atoms with E-state index in [9.17, 15) is 14.4 Å². The van der Waals surface area contributed by atoms with Crippen molar-refractivity contribution in [1.82, 2.24) is 4.90 Å². The van der Waals surface area contributed by atoms with Gasteiger partial charge in [0.15, 0.2) is 0 Å². The fourth-order valence-corrected chi connectivity index (χ4v) is 3.99. The molecule has 0 N–H and O–H groups in total. The van der Waals surface area contributed by atoms with Crippen LogP contribution >= 0.6 is 27.3 Å². The molecule has 1 fully saturated rings. The Morgan fingerprint density at radius 3 is 2.62 bits per heavy atom. The normalized spacial score (nSPS) is 17.0. The molecule has 1 aliphatic heterocycles. The van der Waals surface area contributed by atoms with Crippen LogP contribution in [0.4, 0.5) is 5.69 Å². The molecule has 136 valence electrons. The topological polar surface area (TPSA) is 57.7 Å². The average molecular weight is 435 g/mol. The van der Waals surface area contributed by atoms with Gasteiger partial charge in [-0.2, -0.15) is 0 Å². The summed E-state index contributed by atoms with van der Waals surface area (Å²) in [6.07, 6.45) is 1.09. The molecule has 1 aromatic carbocycles. The number of thiophene rings is 1. The van der Waals surface area contributed by atoms with E-state index in [2.05, 4.69) is 15.9 Å². The molecule has 1 unspecified atom stereocenters. The highest BCUT2D eigenvalue weighted by Crippen LogP contribution is 2.28. The minimum absolute atomic E-state index is 0.0235. The maximum Gasteiger partial charge on any atom is 0.257 e. The van der Waals surface area contributed by atoms with E-state index < -0.39 is 6.04 Å². The first kappa shape index (κ1) is 18.8. The van der Waals surface area contributed by atoms with Crippen molar-refractivity contribution in [2.45, 2.75) is 38.8 Å². The van der Waals surface area contributed by atoms with Crippen LogP contribution in [0.15, 0.2) is 46.3 Å². The van der Waals surface area contributed by atoms with E-state index in [-0.39, 0.29) is 24.1 Å². The number of carbonyl (C=O) groups is 3. The van der Waals surface area contributed by atoms with Gasteiger partial charge in [0.2, 0.25) is 11.8 Å². The van der Waals surface area contributed by atoms with Gasteiger partial charge in [0.25, 0.3) is 5.91 Å². The molecule has 0 saturated carbocycles. The lowest BCUT2D eigenvalue weighted by Crippen LogP contribution is -2.44. The van der Waals surface area contributed by atoms with E-state index in [1.54, 1.807) is 29.2 Å². The third-order valence-electron chi connectivity index (χ3n) is 4.27. The summed E-state index contributed by atoms with van der Waals surface area (Å²) < 4.78 is 0.870. The van der Waals surface area contributed by atoms with Crippen LogP contribution in [0.25, 0.3) is 0 Å². The molecule has 26 heavy (non-hydrogen) atoms. The van der Waals surface area contributed by atoms with E-state index in [0.717, 1.165) is 9.35 Å². The molecule has 2 aromatic rings. The Labute approximate surface area is 164 Å². The molecule has 1 atom stereocenters. The molecular weight excluding hydrogens is 416 g/mol. The smallest absolute Gasteiger partial charge is 0.257 e. The lowest BCUT2D eigenvalue weighted by Gasteiger charge is -2.27. The standard InChI is InChI=1S/C19H19BrN2O3S/c1-2-4-17(23)21(12-15-5-3-10-26-15)16-11-18(24)22(19(16)25)14-8-6-13(20)7-9-14/h3,5-10,16H,2,4,11-12H2,1H3. The Balaban J connectivity index is 1.87. The molecule has 3 amide bonds. The van der Waals surface area contributed by atoms with Gasteiger partial charge in [-0.05, 0) is 42.1 Å². The first-order valence-corrected chi connectivity index (χ1v) is 10.1. The molecule has 7 heteroatoms. The van der Waals surface area contributed by atoms with Crippen LogP contribution < -0.4 is 4.90 Å². The Hall–Kier alpha value is -1.99. The number of imide groups is 1. The lowest BCUT2D eigenvalue weighted by atomic mass is 10.1. The highest BCUT2D eigenvalue weighted by molar-refractivity contribution is 9.10. The Morgan fingerprint density at radius 1 is 1.27 bits per heavy atom. The minimum Gasteiger partial charge on any atom is -0.325 e. The fourth-order valence-electron chi connectivity index (χ4n) is 3.02. The van der Waals surface area contributed by atoms with Crippen LogP contribution in [0.1, 0.15) is 31.1 Å². The molecule has 5 nitrogen and oxygen atoms in total. The predicted molar refractivity (Wildman–Crippen MR) is 105 cm³/mol. The summed E-state index contributed by atoms with van der Waals surface area (Å²) in [7, 11) is 0. The summed E-state index contributed by atoms with van der Waals surface area (Å²) in [5.41, 5.74) is 0.532. The first-order chi connectivity index (χ1) is 12.5. The summed E-state index contributed by atoms with van der Waals surface area (Å²) in [5.74, 6) is -0.703. The van der Waals surface area contributed by atoms with E-state index in [0.29, 0.717) is 25.1 Å². The molecule has 1 aromatic heterocycles. The number of rotatable bonds is 6. The summed E-state index contributed by atoms with van der Waals surface area (Å²) in [5, 5.41) is 1.94. The first-order valence-electron chi connectivity index (χ1n) is 8.45. The van der Waals surface area contributed by atoms with Gasteiger partial charge in [-0.25, -0.2) is 4.90 Å². The highest BCUT2D eigenvalue weighted by Gasteiger charge is 2.44. The molecular formula is C19H19BrN2O3S. The van der Waals surface area contributed by atoms with E-state index in [1.807, 2.05) is 24.4 Å². The van der Waals surface area contributed by atoms with E-state index in [4.69, 9.17) is 0 Å². The fraction of sp³-hybridized carbons (Fsp3) is 0.316. The van der Waals surface area contributed by atoms with Gasteiger partial charge in [0.1, 0.15) is 6.04 Å².